The number of allylic oxidation sites excluding steroid dienone is 2. The lowest BCUT2D eigenvalue weighted by atomic mass is 10.0. The van der Waals surface area contributed by atoms with Crippen molar-refractivity contribution in [2.45, 2.75) is 24.9 Å². The largest absolute Gasteiger partial charge is 0.504 e. The molecule has 2 aliphatic rings. The maximum atomic E-state index is 11.5. The molecule has 0 saturated heterocycles. The van der Waals surface area contributed by atoms with Crippen LogP contribution in [0.4, 0.5) is 5.69 Å². The number of hydrogen-bond acceptors (Lipinski definition) is 5. The van der Waals surface area contributed by atoms with Crippen LogP contribution < -0.4 is 5.32 Å². The maximum Gasteiger partial charge on any atom is 0.373 e. The van der Waals surface area contributed by atoms with Gasteiger partial charge in [-0.25, -0.2) is 9.59 Å². The maximum absolute atomic E-state index is 11.5. The zero-order valence-electron chi connectivity index (χ0n) is 13.1. The molecule has 0 fully saturated rings. The fourth-order valence-electron chi connectivity index (χ4n) is 2.97. The van der Waals surface area contributed by atoms with Crippen molar-refractivity contribution in [3.05, 3.63) is 41.6 Å². The van der Waals surface area contributed by atoms with Crippen molar-refractivity contribution >= 4 is 23.8 Å². The number of hydrogen-bond donors (Lipinski definition) is 5. The summed E-state index contributed by atoms with van der Waals surface area (Å²) in [5.41, 5.74) is 1.83. The summed E-state index contributed by atoms with van der Waals surface area (Å²) in [6, 6.07) is 1.08. The lowest BCUT2D eigenvalue weighted by molar-refractivity contribution is -0.456. The van der Waals surface area contributed by atoms with Crippen LogP contribution in [0.2, 0.25) is 0 Å². The van der Waals surface area contributed by atoms with Gasteiger partial charge in [0, 0.05) is 18.1 Å². The zero-order valence-corrected chi connectivity index (χ0v) is 13.1. The molecule has 0 amide bonds. The Labute approximate surface area is 142 Å². The molecule has 130 valence electrons. The highest BCUT2D eigenvalue weighted by Gasteiger charge is 2.40. The second-order valence-electron chi connectivity index (χ2n) is 5.92. The molecule has 2 heterocycles. The van der Waals surface area contributed by atoms with E-state index in [-0.39, 0.29) is 24.3 Å². The van der Waals surface area contributed by atoms with E-state index in [1.165, 1.54) is 16.7 Å². The third kappa shape index (κ3) is 3.18. The number of aromatic hydroxyl groups is 2. The topological polar surface area (TPSA) is 130 Å². The third-order valence-electron chi connectivity index (χ3n) is 4.27. The number of aliphatic carboxylic acids is 2. The average Bonchev–Trinajstić information content (AvgIpc) is 2.91. The van der Waals surface area contributed by atoms with Gasteiger partial charge >= 0.3 is 11.9 Å². The Morgan fingerprint density at radius 1 is 1.12 bits per heavy atom. The van der Waals surface area contributed by atoms with Gasteiger partial charge in [0.1, 0.15) is 6.04 Å². The van der Waals surface area contributed by atoms with E-state index >= 15 is 0 Å². The van der Waals surface area contributed by atoms with E-state index in [0.29, 0.717) is 11.3 Å². The molecule has 5 N–H and O–H groups in total. The standard InChI is InChI=1S/C17H16N2O6/c20-14-7-10-6-13(17(24)25)19(12(10)8-15(14)21)4-2-9-1-3-18-11(5-9)16(22)23/h1-4,7-8,11,13H,5-6H2,(H4,20,21,22,23,24,25)/p+1/t11-,13-/m0/s1. The number of nitrogens with one attached hydrogen (secondary N) is 1. The van der Waals surface area contributed by atoms with Crippen LogP contribution in [0.3, 0.4) is 0 Å². The minimum Gasteiger partial charge on any atom is -0.504 e. The first-order valence-electron chi connectivity index (χ1n) is 7.62. The summed E-state index contributed by atoms with van der Waals surface area (Å²) in [6.07, 6.45) is 6.93. The van der Waals surface area contributed by atoms with Crippen molar-refractivity contribution in [3.63, 3.8) is 0 Å². The van der Waals surface area contributed by atoms with Gasteiger partial charge in [0.25, 0.3) is 6.04 Å². The highest BCUT2D eigenvalue weighted by atomic mass is 16.4. The SMILES string of the molecule is O=C(O)[C@@H]1CC(=CC=[N+]2c3cc(O)c(O)cc3C[C@H]2C(=O)O)C=CN1. The van der Waals surface area contributed by atoms with Crippen molar-refractivity contribution in [2.24, 2.45) is 0 Å². The van der Waals surface area contributed by atoms with Crippen LogP contribution in [-0.4, -0.2) is 55.2 Å². The lowest BCUT2D eigenvalue weighted by Gasteiger charge is -2.17. The summed E-state index contributed by atoms with van der Waals surface area (Å²) in [5.74, 6) is -2.63. The number of rotatable bonds is 3. The molecule has 0 spiro atoms. The molecule has 0 radical (unpaired) electrons. The minimum atomic E-state index is -1.03. The summed E-state index contributed by atoms with van der Waals surface area (Å²) >= 11 is 0. The quantitative estimate of drug-likeness (QED) is 0.403. The molecule has 25 heavy (non-hydrogen) atoms. The Morgan fingerprint density at radius 3 is 2.52 bits per heavy atom. The van der Waals surface area contributed by atoms with E-state index in [1.54, 1.807) is 24.6 Å². The van der Waals surface area contributed by atoms with Gasteiger partial charge in [-0.15, -0.1) is 0 Å². The molecule has 0 aromatic heterocycles. The van der Waals surface area contributed by atoms with Crippen molar-refractivity contribution in [1.29, 1.82) is 0 Å². The molecule has 0 saturated carbocycles. The van der Waals surface area contributed by atoms with Crippen LogP contribution in [0, 0.1) is 0 Å². The Hall–Kier alpha value is -3.29. The molecule has 8 nitrogen and oxygen atoms in total. The molecule has 3 rings (SSSR count). The first kappa shape index (κ1) is 16.6. The molecule has 0 unspecified atom stereocenters. The van der Waals surface area contributed by atoms with Gasteiger partial charge in [-0.2, -0.15) is 4.58 Å². The van der Waals surface area contributed by atoms with E-state index < -0.39 is 24.0 Å². The smallest absolute Gasteiger partial charge is 0.373 e. The molecule has 8 heteroatoms. The Kier molecular flexibility index (Phi) is 4.18. The van der Waals surface area contributed by atoms with Gasteiger partial charge in [0.15, 0.2) is 17.7 Å². The van der Waals surface area contributed by atoms with Gasteiger partial charge < -0.3 is 25.7 Å². The summed E-state index contributed by atoms with van der Waals surface area (Å²) in [5, 5.41) is 40.5. The molecule has 1 aromatic carbocycles. The van der Waals surface area contributed by atoms with E-state index in [2.05, 4.69) is 5.32 Å². The second kappa shape index (κ2) is 6.31. The lowest BCUT2D eigenvalue weighted by Crippen LogP contribution is -2.35. The van der Waals surface area contributed by atoms with Gasteiger partial charge in [0.05, 0.1) is 12.5 Å². The Bertz CT molecular complexity index is 840. The normalized spacial score (nSPS) is 25.0. The van der Waals surface area contributed by atoms with Crippen LogP contribution in [0.5, 0.6) is 11.5 Å². The monoisotopic (exact) mass is 345 g/mol. The summed E-state index contributed by atoms with van der Waals surface area (Å²) in [7, 11) is 0. The van der Waals surface area contributed by atoms with E-state index in [0.717, 1.165) is 5.57 Å². The Balaban J connectivity index is 1.98. The number of carboxylic acids is 2. The van der Waals surface area contributed by atoms with Gasteiger partial charge in [-0.1, -0.05) is 0 Å². The number of fused-ring (bicyclic) bond motifs is 1. The second-order valence-corrected chi connectivity index (χ2v) is 5.92. The molecular weight excluding hydrogens is 328 g/mol. The highest BCUT2D eigenvalue weighted by molar-refractivity contribution is 5.79. The highest BCUT2D eigenvalue weighted by Crippen LogP contribution is 2.38. The molecule has 1 aromatic rings. The third-order valence-corrected chi connectivity index (χ3v) is 4.27. The number of carbonyl (C=O) groups is 2. The van der Waals surface area contributed by atoms with E-state index in [9.17, 15) is 24.9 Å². The van der Waals surface area contributed by atoms with Gasteiger partial charge in [-0.05, 0) is 23.9 Å². The van der Waals surface area contributed by atoms with Crippen molar-refractivity contribution < 1.29 is 34.6 Å². The van der Waals surface area contributed by atoms with Crippen LogP contribution in [0.1, 0.15) is 12.0 Å². The predicted octanol–water partition coefficient (Wildman–Crippen LogP) is 0.709. The number of nitrogens with zero attached hydrogens (tertiary/aromatic N) is 1. The van der Waals surface area contributed by atoms with Gasteiger partial charge in [0.2, 0.25) is 5.69 Å². The summed E-state index contributed by atoms with van der Waals surface area (Å²) < 4.78 is 1.50. The summed E-state index contributed by atoms with van der Waals surface area (Å²) in [4.78, 5) is 22.6. The van der Waals surface area contributed by atoms with Crippen LogP contribution in [0.15, 0.2) is 36.1 Å². The molecule has 2 atom stereocenters. The summed E-state index contributed by atoms with van der Waals surface area (Å²) in [6.45, 7) is 0. The van der Waals surface area contributed by atoms with Crippen LogP contribution >= 0.6 is 0 Å². The molecule has 0 bridgehead atoms. The van der Waals surface area contributed by atoms with Crippen LogP contribution in [-0.2, 0) is 16.0 Å². The number of carboxylic acid groups (broad SMARTS) is 2. The van der Waals surface area contributed by atoms with E-state index in [1.807, 2.05) is 0 Å². The Morgan fingerprint density at radius 2 is 1.84 bits per heavy atom. The first-order valence-corrected chi connectivity index (χ1v) is 7.62. The molecular formula is C17H17N2O6+. The molecule has 2 aliphatic heterocycles. The average molecular weight is 345 g/mol. The zero-order chi connectivity index (χ0) is 18.1. The van der Waals surface area contributed by atoms with Crippen molar-refractivity contribution in [2.75, 3.05) is 0 Å². The van der Waals surface area contributed by atoms with Crippen molar-refractivity contribution in [3.8, 4) is 11.5 Å². The fourth-order valence-corrected chi connectivity index (χ4v) is 2.97. The number of phenols is 2. The van der Waals surface area contributed by atoms with Crippen LogP contribution in [0.25, 0.3) is 0 Å². The molecule has 0 aliphatic carbocycles. The van der Waals surface area contributed by atoms with E-state index in [4.69, 9.17) is 5.11 Å². The predicted molar refractivity (Wildman–Crippen MR) is 87.3 cm³/mol. The first-order chi connectivity index (χ1) is 11.9. The van der Waals surface area contributed by atoms with Crippen molar-refractivity contribution in [1.82, 2.24) is 5.32 Å². The minimum absolute atomic E-state index is 0.188. The number of phenolic OH excluding ortho intramolecular Hbond substituents is 2. The fraction of sp³-hybridized carbons (Fsp3) is 0.235. The van der Waals surface area contributed by atoms with Gasteiger partial charge in [-0.3, -0.25) is 0 Å². The number of benzene rings is 1.